The van der Waals surface area contributed by atoms with Gasteiger partial charge in [0.15, 0.2) is 5.69 Å². The number of ether oxygens (including phenoxy) is 1. The summed E-state index contributed by atoms with van der Waals surface area (Å²) < 4.78 is 5.08. The molecule has 0 fully saturated rings. The molecule has 0 bridgehead atoms. The van der Waals surface area contributed by atoms with Crippen molar-refractivity contribution in [1.29, 1.82) is 0 Å². The van der Waals surface area contributed by atoms with E-state index in [2.05, 4.69) is 25.7 Å². The third-order valence-corrected chi connectivity index (χ3v) is 2.92. The van der Waals surface area contributed by atoms with Gasteiger partial charge in [-0.15, -0.1) is 0 Å². The molecule has 0 saturated heterocycles. The number of phenols is 1. The number of carbonyl (C=O) groups is 1. The average Bonchev–Trinajstić information content (AvgIpc) is 2.32. The molecule has 2 rings (SSSR count). The number of benzene rings is 1. The summed E-state index contributed by atoms with van der Waals surface area (Å²) in [7, 11) is 1.21. The van der Waals surface area contributed by atoms with E-state index < -0.39 is 5.97 Å². The van der Waals surface area contributed by atoms with Crippen LogP contribution in [-0.2, 0) is 4.74 Å². The van der Waals surface area contributed by atoms with E-state index in [1.807, 2.05) is 0 Å². The monoisotopic (exact) mass is 297 g/mol. The molecule has 5 nitrogen and oxygen atoms in total. The Hall–Kier alpha value is -1.82. The van der Waals surface area contributed by atoms with Crippen molar-refractivity contribution in [3.63, 3.8) is 0 Å². The van der Waals surface area contributed by atoms with Gasteiger partial charge in [0, 0.05) is 10.5 Å². The molecule has 2 aromatic rings. The minimum absolute atomic E-state index is 0.0640. The molecule has 2 N–H and O–H groups in total. The van der Waals surface area contributed by atoms with Gasteiger partial charge in [0.1, 0.15) is 17.0 Å². The minimum Gasteiger partial charge on any atom is -0.507 e. The largest absolute Gasteiger partial charge is 0.507 e. The lowest BCUT2D eigenvalue weighted by molar-refractivity contribution is 0.0594. The number of methoxy groups -OCH3 is 1. The number of fused-ring (bicyclic) bond motifs is 1. The first-order valence-electron chi connectivity index (χ1n) is 4.64. The Morgan fingerprint density at radius 2 is 2.06 bits per heavy atom. The Labute approximate surface area is 105 Å². The maximum Gasteiger partial charge on any atom is 0.356 e. The van der Waals surface area contributed by atoms with Crippen LogP contribution in [0.1, 0.15) is 10.5 Å². The highest BCUT2D eigenvalue weighted by Gasteiger charge is 2.15. The SMILES string of the molecule is COC(=O)c1cc(O)c2c(Br)ccc(O)c2n1. The number of phenolic OH excluding ortho intramolecular Hbond substituents is 1. The zero-order chi connectivity index (χ0) is 12.6. The molecule has 0 aliphatic rings. The van der Waals surface area contributed by atoms with Gasteiger partial charge in [-0.05, 0) is 28.1 Å². The van der Waals surface area contributed by atoms with Crippen molar-refractivity contribution in [3.05, 3.63) is 28.4 Å². The Balaban J connectivity index is 2.82. The number of aromatic hydroxyl groups is 2. The Morgan fingerprint density at radius 1 is 1.35 bits per heavy atom. The van der Waals surface area contributed by atoms with Crippen molar-refractivity contribution < 1.29 is 19.7 Å². The number of pyridine rings is 1. The lowest BCUT2D eigenvalue weighted by Crippen LogP contribution is -2.04. The third-order valence-electron chi connectivity index (χ3n) is 2.26. The molecule has 1 aromatic carbocycles. The zero-order valence-corrected chi connectivity index (χ0v) is 10.4. The number of rotatable bonds is 1. The van der Waals surface area contributed by atoms with E-state index in [1.54, 1.807) is 6.07 Å². The summed E-state index contributed by atoms with van der Waals surface area (Å²) in [6.07, 6.45) is 0. The van der Waals surface area contributed by atoms with Crippen LogP contribution < -0.4 is 0 Å². The van der Waals surface area contributed by atoms with E-state index in [-0.39, 0.29) is 22.7 Å². The topological polar surface area (TPSA) is 79.7 Å². The molecule has 6 heteroatoms. The van der Waals surface area contributed by atoms with E-state index in [1.165, 1.54) is 19.2 Å². The van der Waals surface area contributed by atoms with Gasteiger partial charge in [-0.1, -0.05) is 0 Å². The van der Waals surface area contributed by atoms with Crippen molar-refractivity contribution in [2.75, 3.05) is 7.11 Å². The molecule has 0 aliphatic carbocycles. The molecule has 1 aromatic heterocycles. The van der Waals surface area contributed by atoms with Gasteiger partial charge in [-0.3, -0.25) is 0 Å². The number of aromatic nitrogens is 1. The fraction of sp³-hybridized carbons (Fsp3) is 0.0909. The molecule has 88 valence electrons. The van der Waals surface area contributed by atoms with Crippen LogP contribution in [0.2, 0.25) is 0 Å². The number of esters is 1. The first kappa shape index (κ1) is 11.7. The molecule has 0 unspecified atom stereocenters. The van der Waals surface area contributed by atoms with E-state index >= 15 is 0 Å². The molecule has 0 saturated carbocycles. The summed E-state index contributed by atoms with van der Waals surface area (Å²) in [6.45, 7) is 0. The number of carbonyl (C=O) groups excluding carboxylic acids is 1. The predicted molar refractivity (Wildman–Crippen MR) is 64.1 cm³/mol. The smallest absolute Gasteiger partial charge is 0.356 e. The van der Waals surface area contributed by atoms with Gasteiger partial charge in [0.25, 0.3) is 0 Å². The molecular formula is C11H8BrNO4. The van der Waals surface area contributed by atoms with Gasteiger partial charge in [0.2, 0.25) is 0 Å². The predicted octanol–water partition coefficient (Wildman–Crippen LogP) is 2.20. The highest BCUT2D eigenvalue weighted by molar-refractivity contribution is 9.10. The van der Waals surface area contributed by atoms with Crippen LogP contribution >= 0.6 is 15.9 Å². The molecule has 0 amide bonds. The molecule has 17 heavy (non-hydrogen) atoms. The summed E-state index contributed by atoms with van der Waals surface area (Å²) in [5, 5.41) is 19.8. The van der Waals surface area contributed by atoms with Crippen LogP contribution in [0.4, 0.5) is 0 Å². The molecule has 0 atom stereocenters. The molecular weight excluding hydrogens is 290 g/mol. The van der Waals surface area contributed by atoms with Crippen LogP contribution in [-0.4, -0.2) is 28.3 Å². The summed E-state index contributed by atoms with van der Waals surface area (Å²) in [4.78, 5) is 15.3. The van der Waals surface area contributed by atoms with E-state index in [9.17, 15) is 15.0 Å². The summed E-state index contributed by atoms with van der Waals surface area (Å²) in [5.74, 6) is -0.955. The second-order valence-electron chi connectivity index (χ2n) is 3.31. The van der Waals surface area contributed by atoms with Crippen LogP contribution in [0.15, 0.2) is 22.7 Å². The number of nitrogens with zero attached hydrogens (tertiary/aromatic N) is 1. The summed E-state index contributed by atoms with van der Waals surface area (Å²) in [6, 6.07) is 4.19. The summed E-state index contributed by atoms with van der Waals surface area (Å²) in [5.41, 5.74) is 0.0747. The second kappa shape index (κ2) is 4.21. The molecule has 0 aliphatic heterocycles. The number of hydrogen-bond acceptors (Lipinski definition) is 5. The van der Waals surface area contributed by atoms with Crippen LogP contribution in [0.3, 0.4) is 0 Å². The van der Waals surface area contributed by atoms with Crippen molar-refractivity contribution in [2.45, 2.75) is 0 Å². The highest BCUT2D eigenvalue weighted by Crippen LogP contribution is 2.35. The van der Waals surface area contributed by atoms with Gasteiger partial charge < -0.3 is 14.9 Å². The molecule has 1 heterocycles. The summed E-state index contributed by atoms with van der Waals surface area (Å²) >= 11 is 3.23. The van der Waals surface area contributed by atoms with Crippen molar-refractivity contribution in [1.82, 2.24) is 4.98 Å². The lowest BCUT2D eigenvalue weighted by atomic mass is 10.1. The average molecular weight is 298 g/mol. The van der Waals surface area contributed by atoms with Crippen LogP contribution in [0.5, 0.6) is 11.5 Å². The van der Waals surface area contributed by atoms with Gasteiger partial charge in [-0.2, -0.15) is 0 Å². The van der Waals surface area contributed by atoms with Crippen molar-refractivity contribution in [2.24, 2.45) is 0 Å². The van der Waals surface area contributed by atoms with Crippen LogP contribution in [0, 0.1) is 0 Å². The number of hydrogen-bond donors (Lipinski definition) is 2. The third kappa shape index (κ3) is 1.91. The Kier molecular flexibility index (Phi) is 2.89. The lowest BCUT2D eigenvalue weighted by Gasteiger charge is -2.07. The Morgan fingerprint density at radius 3 is 2.71 bits per heavy atom. The quantitative estimate of drug-likeness (QED) is 0.789. The Bertz CT molecular complexity index is 612. The van der Waals surface area contributed by atoms with E-state index in [0.29, 0.717) is 9.86 Å². The maximum absolute atomic E-state index is 11.3. The van der Waals surface area contributed by atoms with Gasteiger partial charge in [0.05, 0.1) is 12.5 Å². The second-order valence-corrected chi connectivity index (χ2v) is 4.16. The van der Waals surface area contributed by atoms with Crippen molar-refractivity contribution >= 4 is 32.8 Å². The fourth-order valence-corrected chi connectivity index (χ4v) is 2.00. The number of halogens is 1. The highest BCUT2D eigenvalue weighted by atomic mass is 79.9. The maximum atomic E-state index is 11.3. The minimum atomic E-state index is -0.679. The van der Waals surface area contributed by atoms with Gasteiger partial charge in [-0.25, -0.2) is 9.78 Å². The fourth-order valence-electron chi connectivity index (χ4n) is 1.48. The standard InChI is InChI=1S/C11H8BrNO4/c1-17-11(16)6-4-8(15)9-5(12)2-3-7(14)10(9)13-6/h2-4,14H,1H3,(H,13,15). The van der Waals surface area contributed by atoms with E-state index in [4.69, 9.17) is 0 Å². The first-order chi connectivity index (χ1) is 8.04. The molecule has 0 spiro atoms. The van der Waals surface area contributed by atoms with Crippen molar-refractivity contribution in [3.8, 4) is 11.5 Å². The van der Waals surface area contributed by atoms with E-state index in [0.717, 1.165) is 0 Å². The first-order valence-corrected chi connectivity index (χ1v) is 5.43. The van der Waals surface area contributed by atoms with Gasteiger partial charge >= 0.3 is 5.97 Å². The normalized spacial score (nSPS) is 10.5. The molecule has 0 radical (unpaired) electrons. The zero-order valence-electron chi connectivity index (χ0n) is 8.77. The van der Waals surface area contributed by atoms with Crippen LogP contribution in [0.25, 0.3) is 10.9 Å².